The number of amides is 1. The Morgan fingerprint density at radius 1 is 1.30 bits per heavy atom. The number of aromatic nitrogens is 3. The molecule has 0 bridgehead atoms. The highest BCUT2D eigenvalue weighted by Gasteiger charge is 2.16. The first-order chi connectivity index (χ1) is 9.72. The molecule has 5 nitrogen and oxygen atoms in total. The van der Waals surface area contributed by atoms with Crippen LogP contribution in [0.15, 0.2) is 42.9 Å². The van der Waals surface area contributed by atoms with Crippen LogP contribution in [0.3, 0.4) is 0 Å². The average molecular weight is 266 g/mol. The molecule has 0 fully saturated rings. The molecule has 0 saturated heterocycles. The van der Waals surface area contributed by atoms with Crippen molar-refractivity contribution in [1.82, 2.24) is 14.5 Å². The monoisotopic (exact) mass is 266 g/mol. The lowest BCUT2D eigenvalue weighted by atomic mass is 10.1. The number of rotatable bonds is 3. The largest absolute Gasteiger partial charge is 0.365 e. The second kappa shape index (κ2) is 4.77. The molecule has 2 heterocycles. The third-order valence-corrected chi connectivity index (χ3v) is 3.29. The summed E-state index contributed by atoms with van der Waals surface area (Å²) < 4.78 is 1.91. The van der Waals surface area contributed by atoms with E-state index in [1.54, 1.807) is 6.20 Å². The van der Waals surface area contributed by atoms with Gasteiger partial charge in [0, 0.05) is 30.4 Å². The average Bonchev–Trinajstić information content (AvgIpc) is 2.93. The minimum atomic E-state index is -0.492. The van der Waals surface area contributed by atoms with E-state index in [9.17, 15) is 4.79 Å². The summed E-state index contributed by atoms with van der Waals surface area (Å²) in [6.45, 7) is 2.02. The standard InChI is InChI=1S/C15H14N4O/c1-2-13-17-7-8-19(13)14-10-5-3-4-6-12(10)18-9-11(14)15(16)20/h3-9H,2H2,1H3,(H2,16,20). The van der Waals surface area contributed by atoms with Crippen molar-refractivity contribution < 1.29 is 4.79 Å². The van der Waals surface area contributed by atoms with Gasteiger partial charge in [0.1, 0.15) is 5.82 Å². The third-order valence-electron chi connectivity index (χ3n) is 3.29. The first kappa shape index (κ1) is 12.3. The highest BCUT2D eigenvalue weighted by molar-refractivity contribution is 6.03. The number of pyridine rings is 1. The van der Waals surface area contributed by atoms with Crippen LogP contribution in [0.2, 0.25) is 0 Å². The third kappa shape index (κ3) is 1.84. The Morgan fingerprint density at radius 2 is 2.10 bits per heavy atom. The summed E-state index contributed by atoms with van der Waals surface area (Å²) in [5, 5.41) is 0.886. The molecule has 0 radical (unpaired) electrons. The molecular weight excluding hydrogens is 252 g/mol. The Balaban J connectivity index is 2.42. The number of nitrogens with zero attached hydrogens (tertiary/aromatic N) is 3. The van der Waals surface area contributed by atoms with E-state index in [4.69, 9.17) is 5.73 Å². The zero-order valence-corrected chi connectivity index (χ0v) is 11.1. The predicted molar refractivity (Wildman–Crippen MR) is 76.8 cm³/mol. The van der Waals surface area contributed by atoms with Gasteiger partial charge >= 0.3 is 0 Å². The molecule has 0 atom stereocenters. The Hall–Kier alpha value is -2.69. The molecule has 100 valence electrons. The zero-order chi connectivity index (χ0) is 14.1. The Kier molecular flexibility index (Phi) is 2.95. The molecule has 0 aliphatic carbocycles. The van der Waals surface area contributed by atoms with E-state index < -0.39 is 5.91 Å². The number of hydrogen-bond acceptors (Lipinski definition) is 3. The molecule has 0 spiro atoms. The molecule has 0 unspecified atom stereocenters. The Labute approximate surface area is 116 Å². The first-order valence-corrected chi connectivity index (χ1v) is 6.42. The van der Waals surface area contributed by atoms with Crippen LogP contribution in [-0.4, -0.2) is 20.4 Å². The van der Waals surface area contributed by atoms with Gasteiger partial charge in [-0.3, -0.25) is 9.78 Å². The van der Waals surface area contributed by atoms with Gasteiger partial charge in [-0.25, -0.2) is 4.98 Å². The fraction of sp³-hybridized carbons (Fsp3) is 0.133. The number of carbonyl (C=O) groups is 1. The topological polar surface area (TPSA) is 73.8 Å². The fourth-order valence-electron chi connectivity index (χ4n) is 2.37. The summed E-state index contributed by atoms with van der Waals surface area (Å²) in [5.41, 5.74) is 7.46. The highest BCUT2D eigenvalue weighted by Crippen LogP contribution is 2.25. The van der Waals surface area contributed by atoms with Crippen molar-refractivity contribution in [3.05, 3.63) is 54.2 Å². The van der Waals surface area contributed by atoms with Crippen LogP contribution in [0.5, 0.6) is 0 Å². The minimum absolute atomic E-state index is 0.399. The van der Waals surface area contributed by atoms with Gasteiger partial charge in [0.15, 0.2) is 0 Å². The minimum Gasteiger partial charge on any atom is -0.365 e. The molecule has 5 heteroatoms. The number of para-hydroxylation sites is 1. The lowest BCUT2D eigenvalue weighted by Gasteiger charge is -2.13. The number of benzene rings is 1. The van der Waals surface area contributed by atoms with Gasteiger partial charge in [-0.2, -0.15) is 0 Å². The van der Waals surface area contributed by atoms with Crippen molar-refractivity contribution in [3.8, 4) is 5.69 Å². The molecule has 0 aliphatic rings. The fourth-order valence-corrected chi connectivity index (χ4v) is 2.37. The first-order valence-electron chi connectivity index (χ1n) is 6.42. The number of imidazole rings is 1. The van der Waals surface area contributed by atoms with Gasteiger partial charge < -0.3 is 10.3 Å². The Bertz CT molecular complexity index is 791. The van der Waals surface area contributed by atoms with Gasteiger partial charge in [0.05, 0.1) is 16.8 Å². The SMILES string of the molecule is CCc1nccn1-c1c(C(N)=O)cnc2ccccc12. The number of carbonyl (C=O) groups excluding carboxylic acids is 1. The van der Waals surface area contributed by atoms with Gasteiger partial charge in [-0.05, 0) is 6.07 Å². The molecule has 3 aromatic rings. The van der Waals surface area contributed by atoms with Crippen molar-refractivity contribution in [2.75, 3.05) is 0 Å². The molecule has 1 amide bonds. The smallest absolute Gasteiger partial charge is 0.252 e. The summed E-state index contributed by atoms with van der Waals surface area (Å²) in [7, 11) is 0. The van der Waals surface area contributed by atoms with Crippen molar-refractivity contribution in [3.63, 3.8) is 0 Å². The van der Waals surface area contributed by atoms with Gasteiger partial charge in [-0.15, -0.1) is 0 Å². The van der Waals surface area contributed by atoms with Crippen molar-refractivity contribution in [2.45, 2.75) is 13.3 Å². The van der Waals surface area contributed by atoms with Crippen molar-refractivity contribution in [2.24, 2.45) is 5.73 Å². The number of primary amides is 1. The molecular formula is C15H14N4O. The number of nitrogens with two attached hydrogens (primary N) is 1. The van der Waals surface area contributed by atoms with E-state index in [0.29, 0.717) is 5.56 Å². The molecule has 3 rings (SSSR count). The van der Waals surface area contributed by atoms with Crippen LogP contribution in [-0.2, 0) is 6.42 Å². The summed E-state index contributed by atoms with van der Waals surface area (Å²) >= 11 is 0. The van der Waals surface area contributed by atoms with Gasteiger partial charge in [-0.1, -0.05) is 25.1 Å². The van der Waals surface area contributed by atoms with E-state index in [1.165, 1.54) is 6.20 Å². The zero-order valence-electron chi connectivity index (χ0n) is 11.1. The second-order valence-electron chi connectivity index (χ2n) is 4.47. The predicted octanol–water partition coefficient (Wildman–Crippen LogP) is 2.08. The number of hydrogen-bond donors (Lipinski definition) is 1. The van der Waals surface area contributed by atoms with E-state index in [2.05, 4.69) is 9.97 Å². The Morgan fingerprint density at radius 3 is 2.85 bits per heavy atom. The quantitative estimate of drug-likeness (QED) is 0.788. The summed E-state index contributed by atoms with van der Waals surface area (Å²) in [6, 6.07) is 7.67. The number of aryl methyl sites for hydroxylation is 1. The van der Waals surface area contributed by atoms with Gasteiger partial charge in [0.2, 0.25) is 0 Å². The van der Waals surface area contributed by atoms with E-state index >= 15 is 0 Å². The van der Waals surface area contributed by atoms with E-state index in [0.717, 1.165) is 28.8 Å². The lowest BCUT2D eigenvalue weighted by molar-refractivity contribution is 0.1000. The molecule has 0 aliphatic heterocycles. The molecule has 0 saturated carbocycles. The van der Waals surface area contributed by atoms with Crippen LogP contribution < -0.4 is 5.73 Å². The summed E-state index contributed by atoms with van der Waals surface area (Å²) in [4.78, 5) is 20.3. The van der Waals surface area contributed by atoms with E-state index in [-0.39, 0.29) is 0 Å². The molecule has 20 heavy (non-hydrogen) atoms. The molecule has 2 aromatic heterocycles. The van der Waals surface area contributed by atoms with Gasteiger partial charge in [0.25, 0.3) is 5.91 Å². The van der Waals surface area contributed by atoms with Crippen LogP contribution in [0, 0.1) is 0 Å². The van der Waals surface area contributed by atoms with Crippen LogP contribution >= 0.6 is 0 Å². The maximum absolute atomic E-state index is 11.7. The van der Waals surface area contributed by atoms with E-state index in [1.807, 2.05) is 42.0 Å². The normalized spacial score (nSPS) is 10.8. The summed E-state index contributed by atoms with van der Waals surface area (Å²) in [6.07, 6.45) is 5.85. The lowest BCUT2D eigenvalue weighted by Crippen LogP contribution is -2.16. The number of fused-ring (bicyclic) bond motifs is 1. The second-order valence-corrected chi connectivity index (χ2v) is 4.47. The van der Waals surface area contributed by atoms with Crippen molar-refractivity contribution in [1.29, 1.82) is 0 Å². The maximum atomic E-state index is 11.7. The van der Waals surface area contributed by atoms with Crippen LogP contribution in [0.4, 0.5) is 0 Å². The van der Waals surface area contributed by atoms with Crippen LogP contribution in [0.25, 0.3) is 16.6 Å². The highest BCUT2D eigenvalue weighted by atomic mass is 16.1. The molecule has 2 N–H and O–H groups in total. The van der Waals surface area contributed by atoms with Crippen molar-refractivity contribution >= 4 is 16.8 Å². The summed E-state index contributed by atoms with van der Waals surface area (Å²) in [5.74, 6) is 0.387. The maximum Gasteiger partial charge on any atom is 0.252 e. The van der Waals surface area contributed by atoms with Crippen LogP contribution in [0.1, 0.15) is 23.1 Å². The molecule has 1 aromatic carbocycles.